The minimum Gasteiger partial charge on any atom is -0.490 e. The Morgan fingerprint density at radius 2 is 0.723 bits per heavy atom. The van der Waals surface area contributed by atoms with Crippen LogP contribution in [0.5, 0.6) is 17.2 Å². The molecule has 0 heterocycles. The maximum atomic E-state index is 12.8. The minimum atomic E-state index is -0.348. The highest BCUT2D eigenvalue weighted by atomic mass is 16.5. The number of ether oxygens (including phenoxy) is 4. The average Bonchev–Trinajstić information content (AvgIpc) is 3.07. The highest BCUT2D eigenvalue weighted by Crippen LogP contribution is 2.40. The summed E-state index contributed by atoms with van der Waals surface area (Å²) in [4.78, 5) is 12.8. The lowest BCUT2D eigenvalue weighted by molar-refractivity contribution is 0.0525. The molecule has 1 aromatic rings. The van der Waals surface area contributed by atoms with Gasteiger partial charge >= 0.3 is 5.97 Å². The van der Waals surface area contributed by atoms with Gasteiger partial charge in [0, 0.05) is 0 Å². The number of hydrogen-bond donors (Lipinski definition) is 0. The zero-order valence-electron chi connectivity index (χ0n) is 31.6. The molecular weight excluding hydrogens is 584 g/mol. The first-order chi connectivity index (χ1) is 23.2. The zero-order valence-corrected chi connectivity index (χ0v) is 31.6. The summed E-state index contributed by atoms with van der Waals surface area (Å²) < 4.78 is 24.4. The molecule has 0 saturated heterocycles. The van der Waals surface area contributed by atoms with Gasteiger partial charge in [-0.15, -0.1) is 0 Å². The van der Waals surface area contributed by atoms with E-state index < -0.39 is 0 Å². The fraction of sp³-hybridized carbons (Fsp3) is 0.833. The summed E-state index contributed by atoms with van der Waals surface area (Å²) in [7, 11) is 0. The van der Waals surface area contributed by atoms with E-state index in [4.69, 9.17) is 18.9 Å². The van der Waals surface area contributed by atoms with Crippen LogP contribution in [0.25, 0.3) is 0 Å². The average molecular weight is 661 g/mol. The first kappa shape index (κ1) is 43.1. The van der Waals surface area contributed by atoms with Crippen molar-refractivity contribution in [2.75, 3.05) is 26.4 Å². The van der Waals surface area contributed by atoms with E-state index in [1.54, 1.807) is 12.1 Å². The van der Waals surface area contributed by atoms with Crippen LogP contribution < -0.4 is 14.2 Å². The van der Waals surface area contributed by atoms with Crippen LogP contribution in [0.2, 0.25) is 0 Å². The summed E-state index contributed by atoms with van der Waals surface area (Å²) in [6.07, 6.45) is 34.2. The van der Waals surface area contributed by atoms with Crippen molar-refractivity contribution >= 4 is 5.97 Å². The molecule has 0 aliphatic rings. The molecule has 0 atom stereocenters. The largest absolute Gasteiger partial charge is 0.490 e. The van der Waals surface area contributed by atoms with Crippen LogP contribution in [0.1, 0.15) is 211 Å². The molecule has 274 valence electrons. The van der Waals surface area contributed by atoms with Gasteiger partial charge in [0.05, 0.1) is 32.0 Å². The molecule has 0 fully saturated rings. The lowest BCUT2D eigenvalue weighted by Crippen LogP contribution is -2.10. The number of unbranched alkanes of at least 4 members (excludes halogenated alkanes) is 24. The molecule has 0 aliphatic heterocycles. The monoisotopic (exact) mass is 661 g/mol. The van der Waals surface area contributed by atoms with Gasteiger partial charge in [0.15, 0.2) is 11.5 Å². The van der Waals surface area contributed by atoms with Gasteiger partial charge in [0.2, 0.25) is 5.75 Å². The smallest absolute Gasteiger partial charge is 0.338 e. The normalized spacial score (nSPS) is 11.1. The lowest BCUT2D eigenvalue weighted by atomic mass is 10.1. The topological polar surface area (TPSA) is 54.0 Å². The Hall–Kier alpha value is -1.91. The van der Waals surface area contributed by atoms with Gasteiger partial charge in [-0.1, -0.05) is 175 Å². The van der Waals surface area contributed by atoms with Gasteiger partial charge in [0.25, 0.3) is 0 Å². The zero-order chi connectivity index (χ0) is 34.0. The Morgan fingerprint density at radius 3 is 1.04 bits per heavy atom. The van der Waals surface area contributed by atoms with Crippen molar-refractivity contribution in [1.29, 1.82) is 0 Å². The van der Waals surface area contributed by atoms with E-state index in [1.165, 1.54) is 135 Å². The van der Waals surface area contributed by atoms with Gasteiger partial charge in [-0.3, -0.25) is 0 Å². The van der Waals surface area contributed by atoms with Gasteiger partial charge in [-0.25, -0.2) is 4.79 Å². The van der Waals surface area contributed by atoms with Crippen LogP contribution in [0, 0.1) is 0 Å². The Morgan fingerprint density at radius 1 is 0.426 bits per heavy atom. The van der Waals surface area contributed by atoms with Crippen molar-refractivity contribution in [2.24, 2.45) is 0 Å². The van der Waals surface area contributed by atoms with E-state index in [1.807, 2.05) is 6.92 Å². The first-order valence-electron chi connectivity index (χ1n) is 20.4. The van der Waals surface area contributed by atoms with Crippen LogP contribution in [0.3, 0.4) is 0 Å². The van der Waals surface area contributed by atoms with Gasteiger partial charge in [0.1, 0.15) is 0 Å². The summed E-state index contributed by atoms with van der Waals surface area (Å²) in [6, 6.07) is 3.59. The Labute approximate surface area is 291 Å². The predicted octanol–water partition coefficient (Wildman–Crippen LogP) is 13.6. The molecule has 0 unspecified atom stereocenters. The highest BCUT2D eigenvalue weighted by molar-refractivity contribution is 5.91. The molecule has 47 heavy (non-hydrogen) atoms. The van der Waals surface area contributed by atoms with E-state index >= 15 is 0 Å². The number of benzene rings is 1. The molecule has 0 bridgehead atoms. The summed E-state index contributed by atoms with van der Waals surface area (Å²) >= 11 is 0. The molecule has 0 N–H and O–H groups in total. The minimum absolute atomic E-state index is 0.332. The summed E-state index contributed by atoms with van der Waals surface area (Å²) in [5.74, 6) is 1.50. The second-order valence-electron chi connectivity index (χ2n) is 13.6. The highest BCUT2D eigenvalue weighted by Gasteiger charge is 2.20. The standard InChI is InChI=1S/C42H76O5/c1-5-9-12-15-18-21-24-27-30-33-45-39-36-38(42(43)44-8-4)37-40(46-34-31-28-25-22-19-16-13-10-6-2)41(39)47-35-32-29-26-23-20-17-14-11-7-3/h36-37H,5-35H2,1-4H3. The van der Waals surface area contributed by atoms with Gasteiger partial charge in [-0.2, -0.15) is 0 Å². The molecule has 1 rings (SSSR count). The van der Waals surface area contributed by atoms with Crippen molar-refractivity contribution in [1.82, 2.24) is 0 Å². The Balaban J connectivity index is 2.76. The second-order valence-corrected chi connectivity index (χ2v) is 13.6. The number of carbonyl (C=O) groups is 1. The molecule has 0 radical (unpaired) electrons. The van der Waals surface area contributed by atoms with Gasteiger partial charge in [-0.05, 0) is 38.3 Å². The van der Waals surface area contributed by atoms with Crippen LogP contribution in [-0.2, 0) is 4.74 Å². The molecular formula is C42H76O5. The van der Waals surface area contributed by atoms with Crippen molar-refractivity contribution in [3.05, 3.63) is 17.7 Å². The molecule has 5 nitrogen and oxygen atoms in total. The summed E-state index contributed by atoms with van der Waals surface area (Å²) in [5, 5.41) is 0. The first-order valence-corrected chi connectivity index (χ1v) is 20.4. The fourth-order valence-electron chi connectivity index (χ4n) is 6.04. The molecule has 0 aliphatic carbocycles. The Bertz CT molecular complexity index is 793. The van der Waals surface area contributed by atoms with E-state index in [0.717, 1.165) is 38.5 Å². The maximum absolute atomic E-state index is 12.8. The number of esters is 1. The van der Waals surface area contributed by atoms with E-state index in [-0.39, 0.29) is 5.97 Å². The second kappa shape index (κ2) is 32.6. The van der Waals surface area contributed by atoms with E-state index in [0.29, 0.717) is 49.2 Å². The van der Waals surface area contributed by atoms with E-state index in [9.17, 15) is 4.79 Å². The molecule has 0 aromatic heterocycles. The molecule has 0 saturated carbocycles. The van der Waals surface area contributed by atoms with Gasteiger partial charge < -0.3 is 18.9 Å². The lowest BCUT2D eigenvalue weighted by Gasteiger charge is -2.19. The SMILES string of the molecule is CCCCCCCCCCCOc1cc(C(=O)OCC)cc(OCCCCCCCCCCC)c1OCCCCCCCCCCC. The molecule has 5 heteroatoms. The molecule has 0 spiro atoms. The third-order valence-corrected chi connectivity index (χ3v) is 9.04. The van der Waals surface area contributed by atoms with Crippen molar-refractivity contribution in [2.45, 2.75) is 201 Å². The molecule has 1 aromatic carbocycles. The summed E-state index contributed by atoms with van der Waals surface area (Å²) in [6.45, 7) is 10.8. The van der Waals surface area contributed by atoms with Crippen molar-refractivity contribution in [3.63, 3.8) is 0 Å². The van der Waals surface area contributed by atoms with Crippen LogP contribution in [-0.4, -0.2) is 32.4 Å². The number of hydrogen-bond acceptors (Lipinski definition) is 5. The van der Waals surface area contributed by atoms with Crippen LogP contribution in [0.15, 0.2) is 12.1 Å². The third kappa shape index (κ3) is 24.0. The fourth-order valence-corrected chi connectivity index (χ4v) is 6.04. The quantitative estimate of drug-likeness (QED) is 0.0536. The van der Waals surface area contributed by atoms with Crippen molar-refractivity contribution in [3.8, 4) is 17.2 Å². The predicted molar refractivity (Wildman–Crippen MR) is 201 cm³/mol. The van der Waals surface area contributed by atoms with Crippen LogP contribution >= 0.6 is 0 Å². The number of rotatable bonds is 35. The molecule has 0 amide bonds. The van der Waals surface area contributed by atoms with Crippen molar-refractivity contribution < 1.29 is 23.7 Å². The van der Waals surface area contributed by atoms with Crippen LogP contribution in [0.4, 0.5) is 0 Å². The maximum Gasteiger partial charge on any atom is 0.338 e. The van der Waals surface area contributed by atoms with E-state index in [2.05, 4.69) is 20.8 Å². The Kier molecular flexibility index (Phi) is 29.9. The number of carbonyl (C=O) groups excluding carboxylic acids is 1. The summed E-state index contributed by atoms with van der Waals surface area (Å²) in [5.41, 5.74) is 0.464. The third-order valence-electron chi connectivity index (χ3n) is 9.04.